The predicted octanol–water partition coefficient (Wildman–Crippen LogP) is 1.14. The molecule has 1 aliphatic heterocycles. The smallest absolute Gasteiger partial charge is 0.328 e. The van der Waals surface area contributed by atoms with E-state index in [4.69, 9.17) is 0 Å². The standard InChI is InChI=1S/C21H28N4O3/c26-19(10-14-25-15-11-20(27)23-21(25)28)22-18-9-5-13-24(16-18)12-4-8-17-6-2-1-3-7-17/h1-3,6-7,11,15,18H,4-5,8-10,12-14,16H2,(H,22,26)(H,23,27,28). The van der Waals surface area contributed by atoms with Gasteiger partial charge in [0.1, 0.15) is 0 Å². The minimum atomic E-state index is -0.484. The number of rotatable bonds is 8. The molecule has 1 fully saturated rings. The number of benzene rings is 1. The van der Waals surface area contributed by atoms with Crippen LogP contribution in [0.15, 0.2) is 52.2 Å². The normalized spacial score (nSPS) is 17.4. The minimum absolute atomic E-state index is 0.0609. The molecule has 0 radical (unpaired) electrons. The van der Waals surface area contributed by atoms with Gasteiger partial charge < -0.3 is 14.8 Å². The molecule has 1 aromatic carbocycles. The first-order valence-corrected chi connectivity index (χ1v) is 9.95. The zero-order valence-corrected chi connectivity index (χ0v) is 16.1. The monoisotopic (exact) mass is 384 g/mol. The maximum Gasteiger partial charge on any atom is 0.328 e. The fourth-order valence-corrected chi connectivity index (χ4v) is 3.67. The average Bonchev–Trinajstić information content (AvgIpc) is 2.68. The summed E-state index contributed by atoms with van der Waals surface area (Å²) in [5.41, 5.74) is 0.449. The molecule has 7 nitrogen and oxygen atoms in total. The number of carbonyl (C=O) groups excluding carboxylic acids is 1. The Bertz CT molecular complexity index is 875. The summed E-state index contributed by atoms with van der Waals surface area (Å²) in [4.78, 5) is 39.6. The van der Waals surface area contributed by atoms with E-state index in [-0.39, 0.29) is 24.9 Å². The van der Waals surface area contributed by atoms with Gasteiger partial charge in [0.2, 0.25) is 5.91 Å². The number of carbonyl (C=O) groups is 1. The Morgan fingerprint density at radius 2 is 1.96 bits per heavy atom. The number of aromatic nitrogens is 2. The highest BCUT2D eigenvalue weighted by atomic mass is 16.2. The quantitative estimate of drug-likeness (QED) is 0.715. The van der Waals surface area contributed by atoms with E-state index < -0.39 is 11.2 Å². The minimum Gasteiger partial charge on any atom is -0.352 e. The third-order valence-electron chi connectivity index (χ3n) is 5.13. The SMILES string of the molecule is O=C(CCn1ccc(=O)[nH]c1=O)NC1CCCN(CCCc2ccccc2)C1. The second-order valence-electron chi connectivity index (χ2n) is 7.35. The highest BCUT2D eigenvalue weighted by Gasteiger charge is 2.21. The Labute approximate surface area is 164 Å². The summed E-state index contributed by atoms with van der Waals surface area (Å²) < 4.78 is 1.34. The van der Waals surface area contributed by atoms with E-state index in [9.17, 15) is 14.4 Å². The molecule has 0 spiro atoms. The van der Waals surface area contributed by atoms with Crippen LogP contribution in [0.25, 0.3) is 0 Å². The summed E-state index contributed by atoms with van der Waals surface area (Å²) in [5, 5.41) is 3.09. The number of hydrogen-bond donors (Lipinski definition) is 2. The fraction of sp³-hybridized carbons (Fsp3) is 0.476. The van der Waals surface area contributed by atoms with Crippen molar-refractivity contribution in [1.82, 2.24) is 19.8 Å². The molecule has 1 aromatic heterocycles. The van der Waals surface area contributed by atoms with Crippen LogP contribution >= 0.6 is 0 Å². The lowest BCUT2D eigenvalue weighted by molar-refractivity contribution is -0.122. The first kappa shape index (κ1) is 20.1. The van der Waals surface area contributed by atoms with E-state index in [1.807, 2.05) is 6.07 Å². The Kier molecular flexibility index (Phi) is 7.19. The van der Waals surface area contributed by atoms with Crippen molar-refractivity contribution in [3.05, 3.63) is 69.0 Å². The number of aromatic amines is 1. The summed E-state index contributed by atoms with van der Waals surface area (Å²) in [6.07, 6.45) is 5.89. The molecule has 1 aliphatic rings. The van der Waals surface area contributed by atoms with Crippen molar-refractivity contribution in [2.75, 3.05) is 19.6 Å². The van der Waals surface area contributed by atoms with Gasteiger partial charge in [-0.25, -0.2) is 4.79 Å². The zero-order chi connectivity index (χ0) is 19.8. The van der Waals surface area contributed by atoms with Gasteiger partial charge in [0.25, 0.3) is 5.56 Å². The first-order chi connectivity index (χ1) is 13.6. The van der Waals surface area contributed by atoms with Crippen LogP contribution in [0, 0.1) is 0 Å². The topological polar surface area (TPSA) is 87.2 Å². The van der Waals surface area contributed by atoms with Crippen LogP contribution in [0.2, 0.25) is 0 Å². The van der Waals surface area contributed by atoms with E-state index in [2.05, 4.69) is 39.5 Å². The molecule has 0 bridgehead atoms. The zero-order valence-electron chi connectivity index (χ0n) is 16.1. The van der Waals surface area contributed by atoms with Crippen LogP contribution in [0.1, 0.15) is 31.2 Å². The van der Waals surface area contributed by atoms with Gasteiger partial charge >= 0.3 is 5.69 Å². The number of aryl methyl sites for hydroxylation is 2. The van der Waals surface area contributed by atoms with Crippen LogP contribution in [-0.2, 0) is 17.8 Å². The molecule has 2 N–H and O–H groups in total. The molecule has 2 heterocycles. The summed E-state index contributed by atoms with van der Waals surface area (Å²) in [5.74, 6) is -0.0609. The molecule has 2 aromatic rings. The molecule has 1 amide bonds. The molecule has 3 rings (SSSR count). The fourth-order valence-electron chi connectivity index (χ4n) is 3.67. The number of nitrogens with one attached hydrogen (secondary N) is 2. The number of H-pyrrole nitrogens is 1. The van der Waals surface area contributed by atoms with E-state index in [1.54, 1.807) is 0 Å². The Morgan fingerprint density at radius 3 is 2.75 bits per heavy atom. The van der Waals surface area contributed by atoms with E-state index in [0.29, 0.717) is 0 Å². The van der Waals surface area contributed by atoms with Crippen molar-refractivity contribution in [2.45, 2.75) is 44.7 Å². The second-order valence-corrected chi connectivity index (χ2v) is 7.35. The summed E-state index contributed by atoms with van der Waals surface area (Å²) in [6.45, 7) is 3.25. The molecular formula is C21H28N4O3. The lowest BCUT2D eigenvalue weighted by atomic mass is 10.0. The summed E-state index contributed by atoms with van der Waals surface area (Å²) in [7, 11) is 0. The van der Waals surface area contributed by atoms with Crippen molar-refractivity contribution < 1.29 is 4.79 Å². The number of nitrogens with zero attached hydrogens (tertiary/aromatic N) is 2. The van der Waals surface area contributed by atoms with Gasteiger partial charge in [0, 0.05) is 37.8 Å². The summed E-state index contributed by atoms with van der Waals surface area (Å²) >= 11 is 0. The molecular weight excluding hydrogens is 356 g/mol. The first-order valence-electron chi connectivity index (χ1n) is 9.95. The summed E-state index contributed by atoms with van der Waals surface area (Å²) in [6, 6.07) is 11.9. The number of hydrogen-bond acceptors (Lipinski definition) is 4. The van der Waals surface area contributed by atoms with Crippen LogP contribution in [-0.4, -0.2) is 46.0 Å². The Balaban J connectivity index is 1.39. The van der Waals surface area contributed by atoms with Gasteiger partial charge in [0.15, 0.2) is 0 Å². The third kappa shape index (κ3) is 6.20. The van der Waals surface area contributed by atoms with E-state index in [0.717, 1.165) is 45.3 Å². The lowest BCUT2D eigenvalue weighted by Gasteiger charge is -2.33. The molecule has 0 aliphatic carbocycles. The largest absolute Gasteiger partial charge is 0.352 e. The average molecular weight is 384 g/mol. The van der Waals surface area contributed by atoms with Gasteiger partial charge in [0.05, 0.1) is 0 Å². The highest BCUT2D eigenvalue weighted by Crippen LogP contribution is 2.12. The molecule has 0 saturated carbocycles. The van der Waals surface area contributed by atoms with Gasteiger partial charge in [-0.05, 0) is 44.3 Å². The van der Waals surface area contributed by atoms with Crippen molar-refractivity contribution in [2.24, 2.45) is 0 Å². The van der Waals surface area contributed by atoms with Gasteiger partial charge in [-0.3, -0.25) is 14.6 Å². The third-order valence-corrected chi connectivity index (χ3v) is 5.13. The lowest BCUT2D eigenvalue weighted by Crippen LogP contribution is -2.48. The molecule has 1 atom stereocenters. The van der Waals surface area contributed by atoms with Crippen molar-refractivity contribution in [1.29, 1.82) is 0 Å². The molecule has 1 unspecified atom stereocenters. The van der Waals surface area contributed by atoms with Crippen LogP contribution < -0.4 is 16.6 Å². The van der Waals surface area contributed by atoms with Crippen LogP contribution in [0.4, 0.5) is 0 Å². The van der Waals surface area contributed by atoms with Crippen LogP contribution in [0.5, 0.6) is 0 Å². The molecule has 150 valence electrons. The molecule has 1 saturated heterocycles. The Hall–Kier alpha value is -2.67. The van der Waals surface area contributed by atoms with Crippen molar-refractivity contribution in [3.8, 4) is 0 Å². The van der Waals surface area contributed by atoms with Crippen molar-refractivity contribution >= 4 is 5.91 Å². The number of amides is 1. The van der Waals surface area contributed by atoms with Gasteiger partial charge in [-0.2, -0.15) is 0 Å². The number of likely N-dealkylation sites (tertiary alicyclic amines) is 1. The van der Waals surface area contributed by atoms with E-state index in [1.165, 1.54) is 22.4 Å². The number of piperidine rings is 1. The molecule has 28 heavy (non-hydrogen) atoms. The maximum absolute atomic E-state index is 12.3. The van der Waals surface area contributed by atoms with Gasteiger partial charge in [-0.15, -0.1) is 0 Å². The highest BCUT2D eigenvalue weighted by molar-refractivity contribution is 5.76. The van der Waals surface area contributed by atoms with E-state index >= 15 is 0 Å². The maximum atomic E-state index is 12.3. The van der Waals surface area contributed by atoms with Gasteiger partial charge in [-0.1, -0.05) is 30.3 Å². The molecule has 7 heteroatoms. The predicted molar refractivity (Wildman–Crippen MR) is 108 cm³/mol. The van der Waals surface area contributed by atoms with Crippen molar-refractivity contribution in [3.63, 3.8) is 0 Å². The van der Waals surface area contributed by atoms with Crippen LogP contribution in [0.3, 0.4) is 0 Å². The second kappa shape index (κ2) is 10.0. The Morgan fingerprint density at radius 1 is 1.14 bits per heavy atom.